The van der Waals surface area contributed by atoms with Crippen LogP contribution in [0.25, 0.3) is 10.6 Å². The summed E-state index contributed by atoms with van der Waals surface area (Å²) in [6.45, 7) is 2.14. The van der Waals surface area contributed by atoms with Crippen LogP contribution < -0.4 is 5.73 Å². The number of rotatable bonds is 3. The Labute approximate surface area is 93.0 Å². The summed E-state index contributed by atoms with van der Waals surface area (Å²) in [6, 6.07) is 7.74. The molecule has 0 aliphatic heterocycles. The SMILES string of the molecule is CCCc1nnc(-c2cccc(N)c2)s1. The number of hydrogen-bond donors (Lipinski definition) is 1. The fourth-order valence-electron chi connectivity index (χ4n) is 1.36. The highest BCUT2D eigenvalue weighted by molar-refractivity contribution is 7.14. The second-order valence-electron chi connectivity index (χ2n) is 3.38. The van der Waals surface area contributed by atoms with E-state index in [1.54, 1.807) is 11.3 Å². The van der Waals surface area contributed by atoms with E-state index in [2.05, 4.69) is 17.1 Å². The van der Waals surface area contributed by atoms with Crippen molar-refractivity contribution in [3.8, 4) is 10.6 Å². The van der Waals surface area contributed by atoms with E-state index in [9.17, 15) is 0 Å². The number of hydrogen-bond acceptors (Lipinski definition) is 4. The molecule has 15 heavy (non-hydrogen) atoms. The molecule has 0 aliphatic carbocycles. The molecule has 4 heteroatoms. The maximum Gasteiger partial charge on any atom is 0.147 e. The van der Waals surface area contributed by atoms with Crippen molar-refractivity contribution in [3.63, 3.8) is 0 Å². The van der Waals surface area contributed by atoms with E-state index in [-0.39, 0.29) is 0 Å². The molecule has 0 spiro atoms. The third-order valence-corrected chi connectivity index (χ3v) is 3.10. The van der Waals surface area contributed by atoms with E-state index >= 15 is 0 Å². The molecule has 0 amide bonds. The number of aromatic nitrogens is 2. The minimum atomic E-state index is 0.764. The zero-order valence-electron chi connectivity index (χ0n) is 8.60. The van der Waals surface area contributed by atoms with Crippen molar-refractivity contribution < 1.29 is 0 Å². The van der Waals surface area contributed by atoms with Gasteiger partial charge in [-0.3, -0.25) is 0 Å². The van der Waals surface area contributed by atoms with Crippen molar-refractivity contribution >= 4 is 17.0 Å². The van der Waals surface area contributed by atoms with Gasteiger partial charge in [0.1, 0.15) is 10.0 Å². The molecular weight excluding hydrogens is 206 g/mol. The normalized spacial score (nSPS) is 10.5. The lowest BCUT2D eigenvalue weighted by Gasteiger charge is -1.96. The van der Waals surface area contributed by atoms with Crippen molar-refractivity contribution in [2.24, 2.45) is 0 Å². The van der Waals surface area contributed by atoms with Crippen LogP contribution in [0.2, 0.25) is 0 Å². The van der Waals surface area contributed by atoms with Crippen LogP contribution in [0, 0.1) is 0 Å². The third-order valence-electron chi connectivity index (χ3n) is 2.06. The first-order chi connectivity index (χ1) is 7.29. The Morgan fingerprint density at radius 2 is 2.20 bits per heavy atom. The van der Waals surface area contributed by atoms with Crippen LogP contribution in [0.4, 0.5) is 5.69 Å². The number of benzene rings is 1. The summed E-state index contributed by atoms with van der Waals surface area (Å²) in [7, 11) is 0. The Bertz CT molecular complexity index is 451. The molecule has 2 N–H and O–H groups in total. The molecular formula is C11H13N3S. The number of aryl methyl sites for hydroxylation is 1. The van der Waals surface area contributed by atoms with Crippen molar-refractivity contribution in [2.75, 3.05) is 5.73 Å². The summed E-state index contributed by atoms with van der Waals surface area (Å²) >= 11 is 1.64. The van der Waals surface area contributed by atoms with Crippen LogP contribution in [0.5, 0.6) is 0 Å². The van der Waals surface area contributed by atoms with Gasteiger partial charge >= 0.3 is 0 Å². The molecule has 0 fully saturated rings. The number of nitrogens with two attached hydrogens (primary N) is 1. The molecule has 0 aliphatic rings. The summed E-state index contributed by atoms with van der Waals surface area (Å²) in [5.41, 5.74) is 7.53. The van der Waals surface area contributed by atoms with Gasteiger partial charge in [0, 0.05) is 17.7 Å². The fourth-order valence-corrected chi connectivity index (χ4v) is 2.29. The number of anilines is 1. The Hall–Kier alpha value is -1.42. The number of nitrogen functional groups attached to an aromatic ring is 1. The van der Waals surface area contributed by atoms with E-state index in [4.69, 9.17) is 5.73 Å². The summed E-state index contributed by atoms with van der Waals surface area (Å²) < 4.78 is 0. The van der Waals surface area contributed by atoms with Gasteiger partial charge in [-0.1, -0.05) is 30.4 Å². The molecule has 2 aromatic rings. The zero-order valence-corrected chi connectivity index (χ0v) is 9.42. The van der Waals surface area contributed by atoms with Crippen LogP contribution >= 0.6 is 11.3 Å². The first-order valence-electron chi connectivity index (χ1n) is 4.98. The summed E-state index contributed by atoms with van der Waals surface area (Å²) in [5, 5.41) is 10.3. The van der Waals surface area contributed by atoms with E-state index in [0.717, 1.165) is 34.1 Å². The van der Waals surface area contributed by atoms with Gasteiger partial charge < -0.3 is 5.73 Å². The van der Waals surface area contributed by atoms with E-state index in [1.165, 1.54) is 0 Å². The summed E-state index contributed by atoms with van der Waals surface area (Å²) in [5.74, 6) is 0. The Morgan fingerprint density at radius 1 is 1.33 bits per heavy atom. The molecule has 0 unspecified atom stereocenters. The van der Waals surface area contributed by atoms with Crippen LogP contribution in [0.15, 0.2) is 24.3 Å². The third kappa shape index (κ3) is 2.33. The lowest BCUT2D eigenvalue weighted by Crippen LogP contribution is -1.84. The molecule has 1 heterocycles. The molecule has 1 aromatic carbocycles. The quantitative estimate of drug-likeness (QED) is 0.807. The van der Waals surface area contributed by atoms with Gasteiger partial charge in [0.2, 0.25) is 0 Å². The standard InChI is InChI=1S/C11H13N3S/c1-2-4-10-13-14-11(15-10)8-5-3-6-9(12)7-8/h3,5-7H,2,4,12H2,1H3. The van der Waals surface area contributed by atoms with E-state index in [1.807, 2.05) is 24.3 Å². The predicted octanol–water partition coefficient (Wildman–Crippen LogP) is 2.74. The Balaban J connectivity index is 2.29. The van der Waals surface area contributed by atoms with Crippen molar-refractivity contribution in [1.82, 2.24) is 10.2 Å². The smallest absolute Gasteiger partial charge is 0.147 e. The van der Waals surface area contributed by atoms with Crippen molar-refractivity contribution in [3.05, 3.63) is 29.3 Å². The fraction of sp³-hybridized carbons (Fsp3) is 0.273. The van der Waals surface area contributed by atoms with Gasteiger partial charge in [-0.25, -0.2) is 0 Å². The molecule has 0 bridgehead atoms. The maximum absolute atomic E-state index is 5.72. The molecule has 0 atom stereocenters. The average molecular weight is 219 g/mol. The maximum atomic E-state index is 5.72. The van der Waals surface area contributed by atoms with Crippen LogP contribution in [-0.4, -0.2) is 10.2 Å². The predicted molar refractivity (Wildman–Crippen MR) is 63.8 cm³/mol. The zero-order chi connectivity index (χ0) is 10.7. The van der Waals surface area contributed by atoms with E-state index in [0.29, 0.717) is 0 Å². The van der Waals surface area contributed by atoms with E-state index < -0.39 is 0 Å². The highest BCUT2D eigenvalue weighted by Gasteiger charge is 2.05. The van der Waals surface area contributed by atoms with Gasteiger partial charge in [0.15, 0.2) is 0 Å². The minimum absolute atomic E-state index is 0.764. The highest BCUT2D eigenvalue weighted by Crippen LogP contribution is 2.25. The highest BCUT2D eigenvalue weighted by atomic mass is 32.1. The Morgan fingerprint density at radius 3 is 2.93 bits per heavy atom. The monoisotopic (exact) mass is 219 g/mol. The second kappa shape index (κ2) is 4.40. The van der Waals surface area contributed by atoms with Crippen LogP contribution in [0.3, 0.4) is 0 Å². The van der Waals surface area contributed by atoms with Crippen LogP contribution in [0.1, 0.15) is 18.4 Å². The van der Waals surface area contributed by atoms with Gasteiger partial charge in [-0.15, -0.1) is 10.2 Å². The summed E-state index contributed by atoms with van der Waals surface area (Å²) in [6.07, 6.45) is 2.10. The molecule has 3 nitrogen and oxygen atoms in total. The molecule has 0 radical (unpaired) electrons. The largest absolute Gasteiger partial charge is 0.399 e. The van der Waals surface area contributed by atoms with Crippen molar-refractivity contribution in [1.29, 1.82) is 0 Å². The lowest BCUT2D eigenvalue weighted by atomic mass is 10.2. The van der Waals surface area contributed by atoms with Gasteiger partial charge in [-0.05, 0) is 18.6 Å². The Kier molecular flexibility index (Phi) is 2.97. The lowest BCUT2D eigenvalue weighted by molar-refractivity contribution is 0.879. The number of nitrogens with zero attached hydrogens (tertiary/aromatic N) is 2. The topological polar surface area (TPSA) is 51.8 Å². The molecule has 0 saturated heterocycles. The van der Waals surface area contributed by atoms with Crippen LogP contribution in [-0.2, 0) is 6.42 Å². The van der Waals surface area contributed by atoms with Crippen molar-refractivity contribution in [2.45, 2.75) is 19.8 Å². The minimum Gasteiger partial charge on any atom is -0.399 e. The average Bonchev–Trinajstić information content (AvgIpc) is 2.67. The first-order valence-corrected chi connectivity index (χ1v) is 5.79. The molecule has 2 rings (SSSR count). The second-order valence-corrected chi connectivity index (χ2v) is 4.44. The van der Waals surface area contributed by atoms with Gasteiger partial charge in [0.05, 0.1) is 0 Å². The molecule has 78 valence electrons. The molecule has 1 aromatic heterocycles. The van der Waals surface area contributed by atoms with Gasteiger partial charge in [0.25, 0.3) is 0 Å². The first kappa shape index (κ1) is 10.1. The molecule has 0 saturated carbocycles. The summed E-state index contributed by atoms with van der Waals surface area (Å²) in [4.78, 5) is 0. The van der Waals surface area contributed by atoms with Gasteiger partial charge in [-0.2, -0.15) is 0 Å².